The third-order valence-electron chi connectivity index (χ3n) is 3.11. The molecule has 108 valence electrons. The molecule has 0 bridgehead atoms. The summed E-state index contributed by atoms with van der Waals surface area (Å²) < 4.78 is 14.6. The van der Waals surface area contributed by atoms with Gasteiger partial charge in [-0.25, -0.2) is 9.59 Å². The van der Waals surface area contributed by atoms with Gasteiger partial charge in [0.1, 0.15) is 5.52 Å². The average molecular weight is 289 g/mol. The van der Waals surface area contributed by atoms with E-state index < -0.39 is 18.0 Å². The number of carbonyl (C=O) groups excluding carboxylic acids is 2. The number of ether oxygens (including phenoxy) is 2. The molecule has 1 aliphatic rings. The van der Waals surface area contributed by atoms with E-state index in [4.69, 9.17) is 14.0 Å². The summed E-state index contributed by atoms with van der Waals surface area (Å²) in [5.74, 6) is -1.17. The third kappa shape index (κ3) is 1.95. The van der Waals surface area contributed by atoms with Gasteiger partial charge in [0, 0.05) is 5.56 Å². The molecule has 0 radical (unpaired) electrons. The summed E-state index contributed by atoms with van der Waals surface area (Å²) in [6, 6.07) is 2.38. The van der Waals surface area contributed by atoms with Crippen LogP contribution in [-0.4, -0.2) is 30.8 Å². The van der Waals surface area contributed by atoms with E-state index in [0.717, 1.165) is 0 Å². The molecule has 1 unspecified atom stereocenters. The number of hydrogen-bond acceptors (Lipinski definition) is 8. The SMILES string of the molecule is CCOC(=O)c1onc2c3c(ccc12)N=NC3C(=O)OC. The van der Waals surface area contributed by atoms with Crippen molar-refractivity contribution >= 4 is 28.5 Å². The highest BCUT2D eigenvalue weighted by Crippen LogP contribution is 2.41. The molecule has 21 heavy (non-hydrogen) atoms. The number of methoxy groups -OCH3 is 1. The fourth-order valence-electron chi connectivity index (χ4n) is 2.17. The van der Waals surface area contributed by atoms with Crippen LogP contribution in [0.15, 0.2) is 26.9 Å². The highest BCUT2D eigenvalue weighted by molar-refractivity contribution is 6.04. The Balaban J connectivity index is 2.14. The van der Waals surface area contributed by atoms with Crippen molar-refractivity contribution in [1.29, 1.82) is 0 Å². The van der Waals surface area contributed by atoms with Gasteiger partial charge in [0.25, 0.3) is 5.76 Å². The molecule has 1 aromatic carbocycles. The Kier molecular flexibility index (Phi) is 3.13. The summed E-state index contributed by atoms with van der Waals surface area (Å²) in [7, 11) is 1.27. The van der Waals surface area contributed by atoms with Crippen molar-refractivity contribution in [3.63, 3.8) is 0 Å². The van der Waals surface area contributed by atoms with Crippen molar-refractivity contribution in [2.75, 3.05) is 13.7 Å². The average Bonchev–Trinajstić information content (AvgIpc) is 3.09. The predicted molar refractivity (Wildman–Crippen MR) is 69.2 cm³/mol. The summed E-state index contributed by atoms with van der Waals surface area (Å²) >= 11 is 0. The zero-order valence-corrected chi connectivity index (χ0v) is 11.3. The highest BCUT2D eigenvalue weighted by atomic mass is 16.6. The summed E-state index contributed by atoms with van der Waals surface area (Å²) in [6.07, 6.45) is 0. The van der Waals surface area contributed by atoms with Crippen LogP contribution in [-0.2, 0) is 14.3 Å². The van der Waals surface area contributed by atoms with E-state index in [9.17, 15) is 9.59 Å². The summed E-state index contributed by atoms with van der Waals surface area (Å²) in [5.41, 5.74) is 1.33. The molecule has 0 saturated heterocycles. The molecule has 2 aromatic rings. The first-order chi connectivity index (χ1) is 10.2. The van der Waals surface area contributed by atoms with Gasteiger partial charge in [-0.15, -0.1) is 0 Å². The number of benzene rings is 1. The van der Waals surface area contributed by atoms with Gasteiger partial charge >= 0.3 is 11.9 Å². The fourth-order valence-corrected chi connectivity index (χ4v) is 2.17. The number of esters is 2. The van der Waals surface area contributed by atoms with Crippen molar-refractivity contribution in [3.05, 3.63) is 23.5 Å². The lowest BCUT2D eigenvalue weighted by atomic mass is 10.0. The molecule has 8 heteroatoms. The molecule has 3 rings (SSSR count). The first kappa shape index (κ1) is 13.2. The van der Waals surface area contributed by atoms with Crippen molar-refractivity contribution in [2.24, 2.45) is 10.2 Å². The van der Waals surface area contributed by atoms with Gasteiger partial charge in [0.05, 0.1) is 24.8 Å². The lowest BCUT2D eigenvalue weighted by molar-refractivity contribution is -0.142. The number of carbonyl (C=O) groups is 2. The molecule has 2 heterocycles. The van der Waals surface area contributed by atoms with Crippen LogP contribution in [0.2, 0.25) is 0 Å². The monoisotopic (exact) mass is 289 g/mol. The Morgan fingerprint density at radius 1 is 1.38 bits per heavy atom. The Bertz CT molecular complexity index is 764. The van der Waals surface area contributed by atoms with E-state index in [1.807, 2.05) is 0 Å². The van der Waals surface area contributed by atoms with Crippen molar-refractivity contribution in [2.45, 2.75) is 13.0 Å². The lowest BCUT2D eigenvalue weighted by Gasteiger charge is -2.05. The minimum Gasteiger partial charge on any atom is -0.467 e. The van der Waals surface area contributed by atoms with Crippen LogP contribution < -0.4 is 0 Å². The standard InChI is InChI=1S/C13H11N3O5/c1-3-20-13(18)11-6-4-5-7-8(9(6)16-21-11)10(15-14-7)12(17)19-2/h4-5,10H,3H2,1-2H3. The van der Waals surface area contributed by atoms with Gasteiger partial charge in [-0.3, -0.25) is 0 Å². The summed E-state index contributed by atoms with van der Waals surface area (Å²) in [6.45, 7) is 1.92. The van der Waals surface area contributed by atoms with Gasteiger partial charge in [-0.1, -0.05) is 5.16 Å². The summed E-state index contributed by atoms with van der Waals surface area (Å²) in [4.78, 5) is 23.5. The lowest BCUT2D eigenvalue weighted by Crippen LogP contribution is -2.10. The van der Waals surface area contributed by atoms with Crippen LogP contribution in [0.5, 0.6) is 0 Å². The molecule has 0 fully saturated rings. The molecule has 8 nitrogen and oxygen atoms in total. The number of rotatable bonds is 3. The number of hydrogen-bond donors (Lipinski definition) is 0. The van der Waals surface area contributed by atoms with Gasteiger partial charge in [-0.2, -0.15) is 10.2 Å². The quantitative estimate of drug-likeness (QED) is 0.803. The van der Waals surface area contributed by atoms with Gasteiger partial charge < -0.3 is 14.0 Å². The fraction of sp³-hybridized carbons (Fsp3) is 0.308. The number of nitrogens with zero attached hydrogens (tertiary/aromatic N) is 3. The third-order valence-corrected chi connectivity index (χ3v) is 3.11. The van der Waals surface area contributed by atoms with Crippen molar-refractivity contribution in [3.8, 4) is 0 Å². The normalized spacial score (nSPS) is 16.0. The van der Waals surface area contributed by atoms with Crippen LogP contribution in [0.1, 0.15) is 29.1 Å². The first-order valence-corrected chi connectivity index (χ1v) is 6.25. The number of fused-ring (bicyclic) bond motifs is 3. The number of azo groups is 1. The minimum absolute atomic E-state index is 0.00911. The van der Waals surface area contributed by atoms with Crippen LogP contribution >= 0.6 is 0 Å². The van der Waals surface area contributed by atoms with E-state index in [1.54, 1.807) is 19.1 Å². The largest absolute Gasteiger partial charge is 0.467 e. The smallest absolute Gasteiger partial charge is 0.377 e. The Labute approximate surface area is 118 Å². The zero-order valence-electron chi connectivity index (χ0n) is 11.3. The van der Waals surface area contributed by atoms with E-state index in [2.05, 4.69) is 15.4 Å². The Hall–Kier alpha value is -2.77. The van der Waals surface area contributed by atoms with Crippen molar-refractivity contribution < 1.29 is 23.6 Å². The molecular weight excluding hydrogens is 278 g/mol. The molecule has 1 atom stereocenters. The molecule has 1 aromatic heterocycles. The second-order valence-electron chi connectivity index (χ2n) is 4.27. The maximum Gasteiger partial charge on any atom is 0.377 e. The molecule has 0 aliphatic carbocycles. The molecule has 0 N–H and O–H groups in total. The molecule has 0 saturated carbocycles. The molecular formula is C13H11N3O5. The van der Waals surface area contributed by atoms with E-state index in [0.29, 0.717) is 22.2 Å². The molecule has 0 spiro atoms. The molecule has 1 aliphatic heterocycles. The maximum absolute atomic E-state index is 11.8. The Morgan fingerprint density at radius 2 is 2.19 bits per heavy atom. The van der Waals surface area contributed by atoms with E-state index in [-0.39, 0.29) is 12.4 Å². The van der Waals surface area contributed by atoms with Crippen molar-refractivity contribution in [1.82, 2.24) is 5.16 Å². The highest BCUT2D eigenvalue weighted by Gasteiger charge is 2.33. The van der Waals surface area contributed by atoms with E-state index in [1.165, 1.54) is 7.11 Å². The van der Waals surface area contributed by atoms with Gasteiger partial charge in [0.2, 0.25) is 0 Å². The van der Waals surface area contributed by atoms with Crippen LogP contribution in [0.3, 0.4) is 0 Å². The number of aromatic nitrogens is 1. The van der Waals surface area contributed by atoms with E-state index >= 15 is 0 Å². The zero-order chi connectivity index (χ0) is 15.0. The predicted octanol–water partition coefficient (Wildman–Crippen LogP) is 2.32. The van der Waals surface area contributed by atoms with Crippen LogP contribution in [0.25, 0.3) is 10.9 Å². The topological polar surface area (TPSA) is 103 Å². The minimum atomic E-state index is -0.895. The Morgan fingerprint density at radius 3 is 2.90 bits per heavy atom. The maximum atomic E-state index is 11.8. The van der Waals surface area contributed by atoms with Crippen LogP contribution in [0, 0.1) is 0 Å². The summed E-state index contributed by atoms with van der Waals surface area (Å²) in [5, 5.41) is 12.1. The first-order valence-electron chi connectivity index (χ1n) is 6.25. The molecule has 0 amide bonds. The second-order valence-corrected chi connectivity index (χ2v) is 4.27. The van der Waals surface area contributed by atoms with Gasteiger partial charge in [0.15, 0.2) is 6.04 Å². The van der Waals surface area contributed by atoms with Crippen LogP contribution in [0.4, 0.5) is 5.69 Å². The second kappa shape index (κ2) is 4.97. The van der Waals surface area contributed by atoms with Gasteiger partial charge in [-0.05, 0) is 19.1 Å².